The quantitative estimate of drug-likeness (QED) is 0.667. The number of ether oxygens (including phenoxy) is 1. The van der Waals surface area contributed by atoms with Gasteiger partial charge >= 0.3 is 5.97 Å². The monoisotopic (exact) mass is 368 g/mol. The van der Waals surface area contributed by atoms with Crippen LogP contribution in [0.25, 0.3) is 10.2 Å². The molecule has 0 aliphatic heterocycles. The van der Waals surface area contributed by atoms with Gasteiger partial charge in [0, 0.05) is 7.05 Å². The molecule has 1 aromatic heterocycles. The summed E-state index contributed by atoms with van der Waals surface area (Å²) in [6.07, 6.45) is 0.272. The van der Waals surface area contributed by atoms with E-state index in [1.807, 2.05) is 43.7 Å². The lowest BCUT2D eigenvalue weighted by Gasteiger charge is -2.04. The molecule has 1 heterocycles. The van der Waals surface area contributed by atoms with E-state index in [2.05, 4.69) is 11.1 Å². The number of thiazole rings is 1. The van der Waals surface area contributed by atoms with Crippen molar-refractivity contribution < 1.29 is 14.3 Å². The minimum Gasteiger partial charge on any atom is -0.465 e. The van der Waals surface area contributed by atoms with Gasteiger partial charge in [0.25, 0.3) is 5.91 Å². The number of rotatable bonds is 3. The second-order valence-electron chi connectivity index (χ2n) is 6.23. The number of aryl methyl sites for hydroxylation is 3. The van der Waals surface area contributed by atoms with Gasteiger partial charge in [-0.2, -0.15) is 4.99 Å². The molecule has 26 heavy (non-hydrogen) atoms. The van der Waals surface area contributed by atoms with Crippen LogP contribution in [0.3, 0.4) is 0 Å². The highest BCUT2D eigenvalue weighted by molar-refractivity contribution is 7.16. The van der Waals surface area contributed by atoms with Crippen LogP contribution in [0, 0.1) is 13.8 Å². The van der Waals surface area contributed by atoms with E-state index in [1.165, 1.54) is 24.0 Å². The van der Waals surface area contributed by atoms with Crippen molar-refractivity contribution >= 4 is 33.4 Å². The molecular formula is C20H20N2O3S. The van der Waals surface area contributed by atoms with Gasteiger partial charge in [-0.3, -0.25) is 4.79 Å². The highest BCUT2D eigenvalue weighted by Gasteiger charge is 2.11. The molecule has 5 nitrogen and oxygen atoms in total. The maximum Gasteiger partial charge on any atom is 0.337 e. The third-order valence-corrected chi connectivity index (χ3v) is 5.39. The lowest BCUT2D eigenvalue weighted by molar-refractivity contribution is -0.117. The lowest BCUT2D eigenvalue weighted by Crippen LogP contribution is -2.14. The number of methoxy groups -OCH3 is 1. The topological polar surface area (TPSA) is 60.7 Å². The highest BCUT2D eigenvalue weighted by atomic mass is 32.1. The average molecular weight is 368 g/mol. The molecule has 0 unspecified atom stereocenters. The number of hydrogen-bond acceptors (Lipinski definition) is 4. The molecular weight excluding hydrogens is 348 g/mol. The molecule has 2 aromatic carbocycles. The molecule has 0 N–H and O–H groups in total. The Hall–Kier alpha value is -2.73. The van der Waals surface area contributed by atoms with Crippen molar-refractivity contribution in [2.75, 3.05) is 7.11 Å². The Bertz CT molecular complexity index is 1080. The Labute approximate surface area is 155 Å². The zero-order chi connectivity index (χ0) is 18.8. The van der Waals surface area contributed by atoms with Crippen molar-refractivity contribution in [1.29, 1.82) is 0 Å². The van der Waals surface area contributed by atoms with E-state index in [0.29, 0.717) is 10.4 Å². The molecule has 0 saturated carbocycles. The molecule has 0 saturated heterocycles. The number of hydrogen-bond donors (Lipinski definition) is 0. The van der Waals surface area contributed by atoms with Crippen LogP contribution in [0.1, 0.15) is 27.0 Å². The molecule has 134 valence electrons. The summed E-state index contributed by atoms with van der Waals surface area (Å²) >= 11 is 1.38. The summed E-state index contributed by atoms with van der Waals surface area (Å²) < 4.78 is 7.50. The van der Waals surface area contributed by atoms with Crippen molar-refractivity contribution in [2.45, 2.75) is 20.3 Å². The maximum atomic E-state index is 12.4. The minimum atomic E-state index is -0.382. The van der Waals surface area contributed by atoms with E-state index >= 15 is 0 Å². The van der Waals surface area contributed by atoms with E-state index in [9.17, 15) is 9.59 Å². The molecule has 0 aliphatic rings. The summed E-state index contributed by atoms with van der Waals surface area (Å²) in [5, 5.41) is 0. The molecule has 0 bridgehead atoms. The molecule has 0 radical (unpaired) electrons. The predicted octanol–water partition coefficient (Wildman–Crippen LogP) is 3.31. The fourth-order valence-corrected chi connectivity index (χ4v) is 3.91. The first-order chi connectivity index (χ1) is 12.4. The fourth-order valence-electron chi connectivity index (χ4n) is 2.84. The van der Waals surface area contributed by atoms with Crippen molar-refractivity contribution in [2.24, 2.45) is 12.0 Å². The Morgan fingerprint density at radius 2 is 1.92 bits per heavy atom. The summed E-state index contributed by atoms with van der Waals surface area (Å²) in [5.41, 5.74) is 4.65. The van der Waals surface area contributed by atoms with E-state index < -0.39 is 0 Å². The van der Waals surface area contributed by atoms with E-state index in [-0.39, 0.29) is 18.3 Å². The maximum absolute atomic E-state index is 12.4. The van der Waals surface area contributed by atoms with Crippen molar-refractivity contribution in [3.05, 3.63) is 63.5 Å². The normalized spacial score (nSPS) is 11.8. The Morgan fingerprint density at radius 3 is 2.62 bits per heavy atom. The number of nitrogens with zero attached hydrogens (tertiary/aromatic N) is 2. The summed E-state index contributed by atoms with van der Waals surface area (Å²) in [6, 6.07) is 11.4. The number of amides is 1. The first-order valence-electron chi connectivity index (χ1n) is 8.20. The molecule has 0 aliphatic carbocycles. The fraction of sp³-hybridized carbons (Fsp3) is 0.250. The van der Waals surface area contributed by atoms with Gasteiger partial charge in [-0.1, -0.05) is 35.1 Å². The van der Waals surface area contributed by atoms with Crippen molar-refractivity contribution in [3.8, 4) is 0 Å². The standard InChI is InChI=1S/C20H20N2O3S/c1-12-5-6-14(13(2)9-12)11-18(23)21-20-22(3)16-8-7-15(19(24)25-4)10-17(16)26-20/h5-10H,11H2,1-4H3. The molecule has 0 atom stereocenters. The van der Waals surface area contributed by atoms with Gasteiger partial charge in [0.15, 0.2) is 4.80 Å². The van der Waals surface area contributed by atoms with E-state index in [4.69, 9.17) is 4.74 Å². The Morgan fingerprint density at radius 1 is 1.15 bits per heavy atom. The van der Waals surface area contributed by atoms with Gasteiger partial charge < -0.3 is 9.30 Å². The largest absolute Gasteiger partial charge is 0.465 e. The minimum absolute atomic E-state index is 0.188. The van der Waals surface area contributed by atoms with Gasteiger partial charge in [-0.25, -0.2) is 4.79 Å². The SMILES string of the molecule is COC(=O)c1ccc2c(c1)sc(=NC(=O)Cc1ccc(C)cc1C)n2C. The zero-order valence-electron chi connectivity index (χ0n) is 15.2. The summed E-state index contributed by atoms with van der Waals surface area (Å²) in [7, 11) is 3.22. The first-order valence-corrected chi connectivity index (χ1v) is 9.02. The number of esters is 1. The van der Waals surface area contributed by atoms with Crippen LogP contribution in [0.5, 0.6) is 0 Å². The molecule has 1 amide bonds. The van der Waals surface area contributed by atoms with Crippen LogP contribution in [-0.2, 0) is 23.0 Å². The summed E-state index contributed by atoms with van der Waals surface area (Å²) in [5.74, 6) is -0.570. The average Bonchev–Trinajstić information content (AvgIpc) is 2.92. The third kappa shape index (κ3) is 3.60. The van der Waals surface area contributed by atoms with Crippen LogP contribution in [-0.4, -0.2) is 23.6 Å². The summed E-state index contributed by atoms with van der Waals surface area (Å²) in [6.45, 7) is 4.03. The third-order valence-electron chi connectivity index (χ3n) is 4.29. The molecule has 6 heteroatoms. The predicted molar refractivity (Wildman–Crippen MR) is 102 cm³/mol. The van der Waals surface area contributed by atoms with Crippen LogP contribution in [0.4, 0.5) is 0 Å². The molecule has 0 spiro atoms. The van der Waals surface area contributed by atoms with Crippen LogP contribution >= 0.6 is 11.3 Å². The number of carbonyl (C=O) groups excluding carboxylic acids is 2. The first kappa shape index (κ1) is 18.1. The smallest absolute Gasteiger partial charge is 0.337 e. The van der Waals surface area contributed by atoms with Crippen molar-refractivity contribution in [3.63, 3.8) is 0 Å². The second kappa shape index (κ2) is 7.25. The molecule has 3 aromatic rings. The van der Waals surface area contributed by atoms with E-state index in [0.717, 1.165) is 21.3 Å². The number of aromatic nitrogens is 1. The number of carbonyl (C=O) groups is 2. The second-order valence-corrected chi connectivity index (χ2v) is 7.24. The molecule has 0 fully saturated rings. The number of benzene rings is 2. The van der Waals surface area contributed by atoms with Gasteiger partial charge in [-0.05, 0) is 43.2 Å². The Kier molecular flexibility index (Phi) is 5.04. The number of fused-ring (bicyclic) bond motifs is 1. The molecule has 3 rings (SSSR count). The van der Waals surface area contributed by atoms with Crippen LogP contribution in [0.15, 0.2) is 41.4 Å². The van der Waals surface area contributed by atoms with Gasteiger partial charge in [0.2, 0.25) is 0 Å². The summed E-state index contributed by atoms with van der Waals surface area (Å²) in [4.78, 5) is 29.0. The van der Waals surface area contributed by atoms with Gasteiger partial charge in [0.1, 0.15) is 0 Å². The Balaban J connectivity index is 1.94. The zero-order valence-corrected chi connectivity index (χ0v) is 16.0. The van der Waals surface area contributed by atoms with Gasteiger partial charge in [-0.15, -0.1) is 0 Å². The van der Waals surface area contributed by atoms with E-state index in [1.54, 1.807) is 12.1 Å². The van der Waals surface area contributed by atoms with Gasteiger partial charge in [0.05, 0.1) is 29.3 Å². The van der Waals surface area contributed by atoms with Crippen LogP contribution in [0.2, 0.25) is 0 Å². The van der Waals surface area contributed by atoms with Crippen molar-refractivity contribution in [1.82, 2.24) is 4.57 Å². The lowest BCUT2D eigenvalue weighted by atomic mass is 10.0. The van der Waals surface area contributed by atoms with Crippen LogP contribution < -0.4 is 4.80 Å². The highest BCUT2D eigenvalue weighted by Crippen LogP contribution is 2.19.